The first-order chi connectivity index (χ1) is 12.6. The Hall–Kier alpha value is -2.37. The third kappa shape index (κ3) is 3.08. The van der Waals surface area contributed by atoms with Gasteiger partial charge in [0.25, 0.3) is 5.91 Å². The summed E-state index contributed by atoms with van der Waals surface area (Å²) in [6.45, 7) is 0.208. The van der Waals surface area contributed by atoms with Gasteiger partial charge in [-0.05, 0) is 60.0 Å². The Bertz CT molecular complexity index is 932. The molecule has 0 aliphatic heterocycles. The third-order valence-corrected chi connectivity index (χ3v) is 6.16. The SMILES string of the molecule is COc1ccc2c(c1)CCCC2(O)CNC(=O)c1cc2ccccc2s1. The number of aryl methyl sites for hydroxylation is 1. The fourth-order valence-corrected chi connectivity index (χ4v) is 4.63. The van der Waals surface area contributed by atoms with Crippen LogP contribution in [0.1, 0.15) is 33.6 Å². The normalized spacial score (nSPS) is 19.2. The minimum Gasteiger partial charge on any atom is -0.497 e. The first-order valence-corrected chi connectivity index (χ1v) is 9.57. The lowest BCUT2D eigenvalue weighted by atomic mass is 9.79. The average Bonchev–Trinajstić information content (AvgIpc) is 3.10. The van der Waals surface area contributed by atoms with E-state index in [2.05, 4.69) is 5.32 Å². The molecule has 2 aromatic carbocycles. The second kappa shape index (κ2) is 6.74. The Labute approximate surface area is 156 Å². The van der Waals surface area contributed by atoms with E-state index in [0.29, 0.717) is 11.3 Å². The molecule has 4 rings (SSSR count). The number of carbonyl (C=O) groups is 1. The topological polar surface area (TPSA) is 58.6 Å². The fraction of sp³-hybridized carbons (Fsp3) is 0.286. The lowest BCUT2D eigenvalue weighted by Gasteiger charge is -2.34. The van der Waals surface area contributed by atoms with Gasteiger partial charge >= 0.3 is 0 Å². The Morgan fingerprint density at radius 2 is 2.12 bits per heavy atom. The number of rotatable bonds is 4. The molecular formula is C21H21NO3S. The summed E-state index contributed by atoms with van der Waals surface area (Å²) in [5.74, 6) is 0.655. The van der Waals surface area contributed by atoms with E-state index in [4.69, 9.17) is 4.74 Å². The number of hydrogen-bond donors (Lipinski definition) is 2. The van der Waals surface area contributed by atoms with Gasteiger partial charge in [0.15, 0.2) is 0 Å². The number of ether oxygens (including phenoxy) is 1. The molecule has 26 heavy (non-hydrogen) atoms. The highest BCUT2D eigenvalue weighted by Crippen LogP contribution is 2.36. The predicted molar refractivity (Wildman–Crippen MR) is 104 cm³/mol. The number of aliphatic hydroxyl groups is 1. The molecule has 0 saturated heterocycles. The van der Waals surface area contributed by atoms with Crippen molar-refractivity contribution in [1.82, 2.24) is 5.32 Å². The molecule has 1 aliphatic carbocycles. The molecule has 1 unspecified atom stereocenters. The summed E-state index contributed by atoms with van der Waals surface area (Å²) in [5.41, 5.74) is 0.946. The number of benzene rings is 2. The van der Waals surface area contributed by atoms with Crippen molar-refractivity contribution < 1.29 is 14.6 Å². The summed E-state index contributed by atoms with van der Waals surface area (Å²) >= 11 is 1.47. The first kappa shape index (κ1) is 17.1. The number of carbonyl (C=O) groups excluding carboxylic acids is 1. The van der Waals surface area contributed by atoms with Gasteiger partial charge in [0.1, 0.15) is 11.4 Å². The number of nitrogens with one attached hydrogen (secondary N) is 1. The van der Waals surface area contributed by atoms with Gasteiger partial charge in [-0.15, -0.1) is 11.3 Å². The number of thiophene rings is 1. The highest BCUT2D eigenvalue weighted by atomic mass is 32.1. The summed E-state index contributed by atoms with van der Waals surface area (Å²) in [6, 6.07) is 15.6. The molecule has 134 valence electrons. The molecular weight excluding hydrogens is 346 g/mol. The molecule has 1 aliphatic rings. The van der Waals surface area contributed by atoms with Crippen LogP contribution in [0.25, 0.3) is 10.1 Å². The summed E-state index contributed by atoms with van der Waals surface area (Å²) in [4.78, 5) is 13.2. The largest absolute Gasteiger partial charge is 0.497 e. The van der Waals surface area contributed by atoms with Crippen LogP contribution in [0.2, 0.25) is 0 Å². The maximum atomic E-state index is 12.6. The molecule has 2 N–H and O–H groups in total. The molecule has 0 radical (unpaired) electrons. The lowest BCUT2D eigenvalue weighted by Crippen LogP contribution is -2.42. The Morgan fingerprint density at radius 3 is 2.92 bits per heavy atom. The van der Waals surface area contributed by atoms with E-state index in [1.165, 1.54) is 11.3 Å². The van der Waals surface area contributed by atoms with Crippen molar-refractivity contribution in [3.05, 3.63) is 64.5 Å². The van der Waals surface area contributed by atoms with E-state index in [9.17, 15) is 9.90 Å². The van der Waals surface area contributed by atoms with E-state index >= 15 is 0 Å². The molecule has 1 atom stereocenters. The van der Waals surface area contributed by atoms with Crippen molar-refractivity contribution >= 4 is 27.3 Å². The molecule has 0 saturated carbocycles. The number of fused-ring (bicyclic) bond motifs is 2. The van der Waals surface area contributed by atoms with Gasteiger partial charge in [-0.1, -0.05) is 24.3 Å². The van der Waals surface area contributed by atoms with Gasteiger partial charge in [0.05, 0.1) is 18.5 Å². The highest BCUT2D eigenvalue weighted by Gasteiger charge is 2.35. The molecule has 5 heteroatoms. The Kier molecular flexibility index (Phi) is 4.42. The molecule has 1 amide bonds. The predicted octanol–water partition coefficient (Wildman–Crippen LogP) is 3.86. The van der Waals surface area contributed by atoms with Gasteiger partial charge in [0, 0.05) is 4.70 Å². The van der Waals surface area contributed by atoms with E-state index in [-0.39, 0.29) is 12.5 Å². The van der Waals surface area contributed by atoms with Crippen molar-refractivity contribution in [3.63, 3.8) is 0 Å². The van der Waals surface area contributed by atoms with Crippen molar-refractivity contribution in [3.8, 4) is 5.75 Å². The summed E-state index contributed by atoms with van der Waals surface area (Å²) in [5, 5.41) is 15.2. The molecule has 0 fully saturated rings. The van der Waals surface area contributed by atoms with E-state index < -0.39 is 5.60 Å². The summed E-state index contributed by atoms with van der Waals surface area (Å²) in [6.07, 6.45) is 2.44. The van der Waals surface area contributed by atoms with Crippen molar-refractivity contribution in [1.29, 1.82) is 0 Å². The van der Waals surface area contributed by atoms with Gasteiger partial charge in [-0.25, -0.2) is 0 Å². The van der Waals surface area contributed by atoms with Crippen LogP contribution in [0.3, 0.4) is 0 Å². The number of amides is 1. The second-order valence-electron chi connectivity index (χ2n) is 6.74. The smallest absolute Gasteiger partial charge is 0.261 e. The zero-order valence-corrected chi connectivity index (χ0v) is 15.4. The van der Waals surface area contributed by atoms with Crippen LogP contribution in [0.5, 0.6) is 5.75 Å². The van der Waals surface area contributed by atoms with Crippen LogP contribution < -0.4 is 10.1 Å². The van der Waals surface area contributed by atoms with E-state index in [0.717, 1.165) is 39.8 Å². The van der Waals surface area contributed by atoms with Crippen LogP contribution >= 0.6 is 11.3 Å². The van der Waals surface area contributed by atoms with Crippen LogP contribution in [0, 0.1) is 0 Å². The van der Waals surface area contributed by atoms with Crippen molar-refractivity contribution in [2.45, 2.75) is 24.9 Å². The maximum Gasteiger partial charge on any atom is 0.261 e. The molecule has 3 aromatic rings. The minimum atomic E-state index is -1.04. The van der Waals surface area contributed by atoms with Crippen molar-refractivity contribution in [2.75, 3.05) is 13.7 Å². The minimum absolute atomic E-state index is 0.139. The second-order valence-corrected chi connectivity index (χ2v) is 7.82. The monoisotopic (exact) mass is 367 g/mol. The molecule has 1 heterocycles. The molecule has 0 spiro atoms. The maximum absolute atomic E-state index is 12.6. The van der Waals surface area contributed by atoms with E-state index in [1.807, 2.05) is 48.5 Å². The average molecular weight is 367 g/mol. The van der Waals surface area contributed by atoms with E-state index in [1.54, 1.807) is 7.11 Å². The van der Waals surface area contributed by atoms with Crippen LogP contribution in [0.4, 0.5) is 0 Å². The third-order valence-electron chi connectivity index (χ3n) is 5.04. The molecule has 4 nitrogen and oxygen atoms in total. The van der Waals surface area contributed by atoms with Gasteiger partial charge in [-0.3, -0.25) is 4.79 Å². The molecule has 1 aromatic heterocycles. The standard InChI is InChI=1S/C21H21NO3S/c1-25-16-8-9-17-14(11-16)6-4-10-21(17,24)13-22-20(23)19-12-15-5-2-3-7-18(15)26-19/h2-3,5,7-9,11-12,24H,4,6,10,13H2,1H3,(H,22,23). The lowest BCUT2D eigenvalue weighted by molar-refractivity contribution is 0.0189. The number of hydrogen-bond acceptors (Lipinski definition) is 4. The van der Waals surface area contributed by atoms with Crippen LogP contribution in [-0.2, 0) is 12.0 Å². The van der Waals surface area contributed by atoms with Gasteiger partial charge < -0.3 is 15.2 Å². The van der Waals surface area contributed by atoms with Gasteiger partial charge in [0.2, 0.25) is 0 Å². The number of methoxy groups -OCH3 is 1. The summed E-state index contributed by atoms with van der Waals surface area (Å²) in [7, 11) is 1.64. The summed E-state index contributed by atoms with van der Waals surface area (Å²) < 4.78 is 6.37. The van der Waals surface area contributed by atoms with Crippen LogP contribution in [0.15, 0.2) is 48.5 Å². The fourth-order valence-electron chi connectivity index (χ4n) is 3.65. The zero-order valence-electron chi connectivity index (χ0n) is 14.6. The van der Waals surface area contributed by atoms with Gasteiger partial charge in [-0.2, -0.15) is 0 Å². The molecule has 0 bridgehead atoms. The first-order valence-electron chi connectivity index (χ1n) is 8.76. The van der Waals surface area contributed by atoms with Crippen LogP contribution in [-0.4, -0.2) is 24.7 Å². The Morgan fingerprint density at radius 1 is 1.27 bits per heavy atom. The zero-order chi connectivity index (χ0) is 18.1. The Balaban J connectivity index is 1.53. The quantitative estimate of drug-likeness (QED) is 0.736. The highest BCUT2D eigenvalue weighted by molar-refractivity contribution is 7.20. The van der Waals surface area contributed by atoms with Crippen molar-refractivity contribution in [2.24, 2.45) is 0 Å².